The van der Waals surface area contributed by atoms with Crippen LogP contribution in [-0.4, -0.2) is 27.9 Å². The molecule has 0 aliphatic heterocycles. The third kappa shape index (κ3) is 6.22. The number of nitrogens with zero attached hydrogens (tertiary/aromatic N) is 3. The molecule has 0 radical (unpaired) electrons. The van der Waals surface area contributed by atoms with Gasteiger partial charge in [-0.1, -0.05) is 18.3 Å². The summed E-state index contributed by atoms with van der Waals surface area (Å²) in [6.45, 7) is 4.95. The van der Waals surface area contributed by atoms with E-state index in [9.17, 15) is 18.0 Å². The Bertz CT molecular complexity index is 834. The van der Waals surface area contributed by atoms with E-state index >= 15 is 0 Å². The molecule has 1 aromatic rings. The van der Waals surface area contributed by atoms with E-state index in [4.69, 9.17) is 5.26 Å². The van der Waals surface area contributed by atoms with Crippen molar-refractivity contribution in [2.75, 3.05) is 11.1 Å². The van der Waals surface area contributed by atoms with E-state index in [-0.39, 0.29) is 30.1 Å². The topological polar surface area (TPSA) is 78.1 Å². The van der Waals surface area contributed by atoms with Gasteiger partial charge in [0.25, 0.3) is 0 Å². The molecule has 1 aliphatic carbocycles. The van der Waals surface area contributed by atoms with Crippen molar-refractivity contribution in [3.8, 4) is 6.07 Å². The predicted octanol–water partition coefficient (Wildman–Crippen LogP) is 4.99. The molecule has 10 heteroatoms. The molecule has 144 valence electrons. The van der Waals surface area contributed by atoms with Gasteiger partial charge in [0.15, 0.2) is 5.13 Å². The third-order valence-electron chi connectivity index (χ3n) is 3.62. The number of nitrogens with one attached hydrogen (secondary N) is 1. The van der Waals surface area contributed by atoms with Gasteiger partial charge in [-0.2, -0.15) is 18.4 Å². The number of aryl methyl sites for hydroxylation is 1. The van der Waals surface area contributed by atoms with Gasteiger partial charge in [-0.05, 0) is 31.8 Å². The summed E-state index contributed by atoms with van der Waals surface area (Å²) in [6, 6.07) is 1.93. The normalized spacial score (nSPS) is 15.0. The first-order chi connectivity index (χ1) is 12.7. The first-order valence-electron chi connectivity index (χ1n) is 7.98. The zero-order valence-electron chi connectivity index (χ0n) is 14.5. The van der Waals surface area contributed by atoms with Crippen LogP contribution in [0.2, 0.25) is 0 Å². The molecule has 0 saturated heterocycles. The van der Waals surface area contributed by atoms with Crippen LogP contribution in [0.5, 0.6) is 0 Å². The highest BCUT2D eigenvalue weighted by molar-refractivity contribution is 8.14. The largest absolute Gasteiger partial charge is 0.416 e. The Balaban J connectivity index is 2.08. The number of carbonyl (C=O) groups is 1. The number of hydrogen-bond acceptors (Lipinski definition) is 6. The van der Waals surface area contributed by atoms with Crippen molar-refractivity contribution in [2.45, 2.75) is 38.8 Å². The van der Waals surface area contributed by atoms with Crippen LogP contribution in [-0.2, 0) is 4.79 Å². The molecule has 0 atom stereocenters. The van der Waals surface area contributed by atoms with Crippen molar-refractivity contribution in [1.82, 2.24) is 4.98 Å². The van der Waals surface area contributed by atoms with Gasteiger partial charge < -0.3 is 5.32 Å². The Hall–Kier alpha value is -2.12. The van der Waals surface area contributed by atoms with E-state index < -0.39 is 11.7 Å². The van der Waals surface area contributed by atoms with Gasteiger partial charge in [-0.3, -0.25) is 4.79 Å². The lowest BCUT2D eigenvalue weighted by molar-refractivity contribution is -0.113. The van der Waals surface area contributed by atoms with Gasteiger partial charge in [0.1, 0.15) is 0 Å². The summed E-state index contributed by atoms with van der Waals surface area (Å²) >= 11 is 2.33. The number of carbonyl (C=O) groups excluding carboxylic acids is 1. The van der Waals surface area contributed by atoms with Crippen LogP contribution in [0.4, 0.5) is 18.3 Å². The van der Waals surface area contributed by atoms with Crippen molar-refractivity contribution >= 4 is 39.2 Å². The first-order valence-corrected chi connectivity index (χ1v) is 9.85. The van der Waals surface area contributed by atoms with Crippen molar-refractivity contribution in [3.05, 3.63) is 34.5 Å². The number of aliphatic imine (C=N–C) groups is 1. The van der Waals surface area contributed by atoms with Gasteiger partial charge in [-0.15, -0.1) is 11.3 Å². The maximum absolute atomic E-state index is 12.9. The monoisotopic (exact) mass is 414 g/mol. The molecule has 1 aliphatic rings. The zero-order valence-corrected chi connectivity index (χ0v) is 16.2. The van der Waals surface area contributed by atoms with Crippen LogP contribution in [0, 0.1) is 18.3 Å². The van der Waals surface area contributed by atoms with E-state index in [0.29, 0.717) is 28.7 Å². The second-order valence-electron chi connectivity index (χ2n) is 5.73. The van der Waals surface area contributed by atoms with Gasteiger partial charge in [0.05, 0.1) is 34.6 Å². The minimum atomic E-state index is -4.51. The molecule has 1 heterocycles. The fourth-order valence-electron chi connectivity index (χ4n) is 2.40. The number of thiazole rings is 1. The van der Waals surface area contributed by atoms with E-state index in [2.05, 4.69) is 21.9 Å². The number of rotatable bonds is 6. The molecule has 1 amide bonds. The van der Waals surface area contributed by atoms with Crippen LogP contribution >= 0.6 is 23.1 Å². The maximum Gasteiger partial charge on any atom is 0.416 e. The lowest BCUT2D eigenvalue weighted by Gasteiger charge is -2.12. The Kier molecular flexibility index (Phi) is 7.21. The first kappa shape index (κ1) is 21.2. The fraction of sp³-hybridized carbons (Fsp3) is 0.412. The molecular weight excluding hydrogens is 397 g/mol. The lowest BCUT2D eigenvalue weighted by Crippen LogP contribution is -2.15. The van der Waals surface area contributed by atoms with E-state index in [0.717, 1.165) is 17.5 Å². The summed E-state index contributed by atoms with van der Waals surface area (Å²) in [5.74, 6) is -0.331. The molecule has 0 aromatic carbocycles. The molecule has 0 saturated carbocycles. The van der Waals surface area contributed by atoms with Crippen LogP contribution in [0.3, 0.4) is 0 Å². The highest BCUT2D eigenvalue weighted by Gasteiger charge is 2.36. The minimum Gasteiger partial charge on any atom is -0.301 e. The third-order valence-corrected chi connectivity index (χ3v) is 5.47. The number of halogens is 3. The summed E-state index contributed by atoms with van der Waals surface area (Å²) in [5.41, 5.74) is 0.282. The predicted molar refractivity (Wildman–Crippen MR) is 102 cm³/mol. The summed E-state index contributed by atoms with van der Waals surface area (Å²) in [4.78, 5) is 20.4. The molecule has 1 N–H and O–H groups in total. The molecule has 2 rings (SSSR count). The highest BCUT2D eigenvalue weighted by Crippen LogP contribution is 2.39. The number of anilines is 1. The molecule has 0 unspecified atom stereocenters. The average Bonchev–Trinajstić information content (AvgIpc) is 3.20. The van der Waals surface area contributed by atoms with Crippen molar-refractivity contribution in [3.63, 3.8) is 0 Å². The van der Waals surface area contributed by atoms with Gasteiger partial charge >= 0.3 is 6.18 Å². The maximum atomic E-state index is 12.9. The van der Waals surface area contributed by atoms with Crippen LogP contribution in [0.15, 0.2) is 33.8 Å². The molecular formula is C17H17F3N4OS2. The molecule has 1 aromatic heterocycles. The number of aromatic nitrogens is 1. The van der Waals surface area contributed by atoms with Gasteiger partial charge in [0.2, 0.25) is 5.91 Å². The fourth-order valence-corrected chi connectivity index (χ4v) is 3.82. The quantitative estimate of drug-likeness (QED) is 0.525. The smallest absolute Gasteiger partial charge is 0.301 e. The molecule has 0 spiro atoms. The summed E-state index contributed by atoms with van der Waals surface area (Å²) in [5, 5.41) is 14.2. The van der Waals surface area contributed by atoms with Crippen LogP contribution in [0.25, 0.3) is 0 Å². The van der Waals surface area contributed by atoms with E-state index in [1.807, 2.05) is 6.07 Å². The SMILES string of the molecule is C=C(C1=C(N=C(CC#N)SCC(=O)Nc2nc(C)cs2)CCC1)C(F)(F)F. The molecule has 0 fully saturated rings. The number of hydrogen-bond donors (Lipinski definition) is 1. The van der Waals surface area contributed by atoms with Crippen molar-refractivity contribution in [2.24, 2.45) is 4.99 Å². The Morgan fingerprint density at radius 3 is 2.85 bits per heavy atom. The van der Waals surface area contributed by atoms with Crippen LogP contribution < -0.4 is 5.32 Å². The molecule has 0 bridgehead atoms. The number of nitriles is 1. The highest BCUT2D eigenvalue weighted by atomic mass is 32.2. The van der Waals surface area contributed by atoms with Crippen molar-refractivity contribution in [1.29, 1.82) is 5.26 Å². The Labute approximate surface area is 163 Å². The Morgan fingerprint density at radius 2 is 2.26 bits per heavy atom. The summed E-state index contributed by atoms with van der Waals surface area (Å²) in [6.07, 6.45) is -3.38. The minimum absolute atomic E-state index is 0.0119. The standard InChI is InChI=1S/C17H17F3N4OS2/c1-10-8-27-16(22-10)24-14(25)9-26-15(6-7-21)23-13-5-3-4-12(13)11(2)17(18,19)20/h8H,2-6,9H2,1H3,(H,22,24,25). The summed E-state index contributed by atoms with van der Waals surface area (Å²) < 4.78 is 38.8. The number of amides is 1. The second-order valence-corrected chi connectivity index (χ2v) is 7.63. The van der Waals surface area contributed by atoms with Crippen molar-refractivity contribution < 1.29 is 18.0 Å². The average molecular weight is 414 g/mol. The summed E-state index contributed by atoms with van der Waals surface area (Å²) in [7, 11) is 0. The van der Waals surface area contributed by atoms with Crippen LogP contribution in [0.1, 0.15) is 31.4 Å². The second kappa shape index (κ2) is 9.19. The van der Waals surface area contributed by atoms with Gasteiger partial charge in [-0.25, -0.2) is 9.98 Å². The Morgan fingerprint density at radius 1 is 1.52 bits per heavy atom. The van der Waals surface area contributed by atoms with E-state index in [1.54, 1.807) is 12.3 Å². The zero-order chi connectivity index (χ0) is 20.0. The molecule has 27 heavy (non-hydrogen) atoms. The van der Waals surface area contributed by atoms with Gasteiger partial charge in [0, 0.05) is 11.1 Å². The number of alkyl halides is 3. The number of allylic oxidation sites excluding steroid dienone is 3. The lowest BCUT2D eigenvalue weighted by atomic mass is 10.1. The molecule has 5 nitrogen and oxygen atoms in total. The number of thioether (sulfide) groups is 1. The van der Waals surface area contributed by atoms with E-state index in [1.165, 1.54) is 11.3 Å².